The third kappa shape index (κ3) is 3.32. The van der Waals surface area contributed by atoms with Crippen LogP contribution >= 0.6 is 0 Å². The molecular weight excluding hydrogens is 228 g/mol. The number of hydrogen-bond donors (Lipinski definition) is 1. The van der Waals surface area contributed by atoms with Gasteiger partial charge in [-0.1, -0.05) is 0 Å². The second-order valence-corrected chi connectivity index (χ2v) is 3.53. The van der Waals surface area contributed by atoms with Crippen LogP contribution < -0.4 is 0 Å². The molecule has 0 radical (unpaired) electrons. The van der Waals surface area contributed by atoms with Crippen molar-refractivity contribution in [1.29, 1.82) is 5.26 Å². The van der Waals surface area contributed by atoms with E-state index in [1.165, 1.54) is 0 Å². The lowest BCUT2D eigenvalue weighted by molar-refractivity contribution is -0.147. The molecule has 2 atom stereocenters. The number of ether oxygens (including phenoxy) is 2. The van der Waals surface area contributed by atoms with Gasteiger partial charge in [0.1, 0.15) is 12.1 Å². The van der Waals surface area contributed by atoms with Crippen LogP contribution in [0.3, 0.4) is 0 Å². The summed E-state index contributed by atoms with van der Waals surface area (Å²) in [7, 11) is 0. The highest BCUT2D eigenvalue weighted by Crippen LogP contribution is 2.21. The monoisotopic (exact) mass is 242 g/mol. The number of carboxylic acid groups (broad SMARTS) is 1. The molecule has 1 saturated heterocycles. The lowest BCUT2D eigenvalue weighted by atomic mass is 10.2. The van der Waals surface area contributed by atoms with E-state index in [9.17, 15) is 9.59 Å². The molecule has 0 bridgehead atoms. The van der Waals surface area contributed by atoms with Crippen molar-refractivity contribution in [1.82, 2.24) is 4.90 Å². The summed E-state index contributed by atoms with van der Waals surface area (Å²) in [6, 6.07) is 0.785. The maximum atomic E-state index is 11.5. The second-order valence-electron chi connectivity index (χ2n) is 3.53. The van der Waals surface area contributed by atoms with Gasteiger partial charge in [-0.25, -0.2) is 9.59 Å². The molecule has 1 fully saturated rings. The van der Waals surface area contributed by atoms with Gasteiger partial charge in [0.15, 0.2) is 6.61 Å². The predicted molar refractivity (Wildman–Crippen MR) is 55.1 cm³/mol. The Labute approximate surface area is 98.5 Å². The van der Waals surface area contributed by atoms with Gasteiger partial charge in [-0.2, -0.15) is 5.26 Å². The van der Waals surface area contributed by atoms with Crippen molar-refractivity contribution in [3.05, 3.63) is 0 Å². The third-order valence-electron chi connectivity index (χ3n) is 2.46. The van der Waals surface area contributed by atoms with E-state index in [1.54, 1.807) is 13.0 Å². The largest absolute Gasteiger partial charge is 0.465 e. The van der Waals surface area contributed by atoms with Gasteiger partial charge in [0.2, 0.25) is 0 Å². The summed E-state index contributed by atoms with van der Waals surface area (Å²) < 4.78 is 9.91. The van der Waals surface area contributed by atoms with Gasteiger partial charge in [0, 0.05) is 13.0 Å². The number of carbonyl (C=O) groups excluding carboxylic acids is 1. The molecule has 0 aromatic heterocycles. The average molecular weight is 242 g/mol. The second kappa shape index (κ2) is 6.06. The van der Waals surface area contributed by atoms with Crippen molar-refractivity contribution in [2.24, 2.45) is 0 Å². The zero-order valence-electron chi connectivity index (χ0n) is 9.46. The van der Waals surface area contributed by atoms with Crippen molar-refractivity contribution in [2.75, 3.05) is 19.8 Å². The third-order valence-corrected chi connectivity index (χ3v) is 2.46. The quantitative estimate of drug-likeness (QED) is 0.707. The van der Waals surface area contributed by atoms with Crippen LogP contribution in [0.5, 0.6) is 0 Å². The van der Waals surface area contributed by atoms with Crippen molar-refractivity contribution in [2.45, 2.75) is 25.5 Å². The number of nitriles is 1. The Hall–Kier alpha value is -1.81. The maximum absolute atomic E-state index is 11.5. The molecule has 17 heavy (non-hydrogen) atoms. The van der Waals surface area contributed by atoms with E-state index in [4.69, 9.17) is 15.1 Å². The molecule has 0 aromatic rings. The number of rotatable bonds is 4. The first-order chi connectivity index (χ1) is 8.10. The Morgan fingerprint density at radius 2 is 2.29 bits per heavy atom. The van der Waals surface area contributed by atoms with Crippen LogP contribution in [0.2, 0.25) is 0 Å². The molecule has 1 rings (SSSR count). The highest BCUT2D eigenvalue weighted by Gasteiger charge is 2.41. The first-order valence-electron chi connectivity index (χ1n) is 5.24. The molecule has 7 nitrogen and oxygen atoms in total. The fraction of sp³-hybridized carbons (Fsp3) is 0.700. The zero-order valence-corrected chi connectivity index (χ0v) is 9.46. The van der Waals surface area contributed by atoms with Crippen molar-refractivity contribution < 1.29 is 24.2 Å². The molecule has 1 aliphatic heterocycles. The summed E-state index contributed by atoms with van der Waals surface area (Å²) >= 11 is 0. The number of amides is 1. The molecule has 1 N–H and O–H groups in total. The van der Waals surface area contributed by atoms with Crippen LogP contribution in [0.1, 0.15) is 13.3 Å². The fourth-order valence-corrected chi connectivity index (χ4v) is 1.79. The van der Waals surface area contributed by atoms with E-state index in [2.05, 4.69) is 4.74 Å². The topological polar surface area (TPSA) is 99.9 Å². The molecule has 2 unspecified atom stereocenters. The number of hydrogen-bond acceptors (Lipinski definition) is 5. The molecule has 0 aromatic carbocycles. The van der Waals surface area contributed by atoms with Crippen LogP contribution in [0.4, 0.5) is 4.79 Å². The lowest BCUT2D eigenvalue weighted by Gasteiger charge is -2.18. The minimum atomic E-state index is -1.19. The number of nitrogens with zero attached hydrogens (tertiary/aromatic N) is 2. The summed E-state index contributed by atoms with van der Waals surface area (Å²) in [6.07, 6.45) is -1.22. The lowest BCUT2D eigenvalue weighted by Crippen LogP contribution is -2.40. The number of carbonyl (C=O) groups is 2. The highest BCUT2D eigenvalue weighted by atomic mass is 16.5. The number of esters is 1. The molecule has 1 amide bonds. The van der Waals surface area contributed by atoms with Crippen LogP contribution in [0, 0.1) is 11.3 Å². The van der Waals surface area contributed by atoms with Gasteiger partial charge in [-0.05, 0) is 6.92 Å². The van der Waals surface area contributed by atoms with Gasteiger partial charge >= 0.3 is 12.1 Å². The zero-order chi connectivity index (χ0) is 12.8. The van der Waals surface area contributed by atoms with Crippen LogP contribution in [-0.2, 0) is 14.3 Å². The van der Waals surface area contributed by atoms with Crippen molar-refractivity contribution in [3.63, 3.8) is 0 Å². The Bertz CT molecular complexity index is 338. The highest BCUT2D eigenvalue weighted by molar-refractivity contribution is 5.81. The van der Waals surface area contributed by atoms with Crippen LogP contribution in [0.25, 0.3) is 0 Å². The molecule has 0 aliphatic carbocycles. The summed E-state index contributed by atoms with van der Waals surface area (Å²) in [4.78, 5) is 23.5. The molecule has 7 heteroatoms. The Kier molecular flexibility index (Phi) is 4.72. The van der Waals surface area contributed by atoms with Crippen molar-refractivity contribution in [3.8, 4) is 6.07 Å². The van der Waals surface area contributed by atoms with Gasteiger partial charge in [-0.15, -0.1) is 0 Å². The molecule has 0 spiro atoms. The number of likely N-dealkylation sites (tertiary alicyclic amines) is 1. The molecule has 0 saturated carbocycles. The fourth-order valence-electron chi connectivity index (χ4n) is 1.79. The first kappa shape index (κ1) is 13.3. The SMILES string of the molecule is CCOC1CC(C(=O)OCC#N)N(C(=O)O)C1. The smallest absolute Gasteiger partial charge is 0.408 e. The van der Waals surface area contributed by atoms with E-state index in [1.807, 2.05) is 0 Å². The summed E-state index contributed by atoms with van der Waals surface area (Å²) in [5.41, 5.74) is 0. The van der Waals surface area contributed by atoms with Gasteiger partial charge < -0.3 is 14.6 Å². The summed E-state index contributed by atoms with van der Waals surface area (Å²) in [5.74, 6) is -0.698. The van der Waals surface area contributed by atoms with Crippen molar-refractivity contribution >= 4 is 12.1 Å². The normalized spacial score (nSPS) is 23.2. The van der Waals surface area contributed by atoms with Gasteiger partial charge in [0.25, 0.3) is 0 Å². The Balaban J connectivity index is 2.64. The van der Waals surface area contributed by atoms with E-state index in [0.29, 0.717) is 6.61 Å². The first-order valence-corrected chi connectivity index (χ1v) is 5.24. The Morgan fingerprint density at radius 3 is 2.82 bits per heavy atom. The molecule has 1 aliphatic rings. The van der Waals surface area contributed by atoms with E-state index in [0.717, 1.165) is 4.90 Å². The average Bonchev–Trinajstić information content (AvgIpc) is 2.70. The standard InChI is InChI=1S/C10H14N2O5/c1-2-16-7-5-8(9(13)17-4-3-11)12(6-7)10(14)15/h7-8H,2,4-6H2,1H3,(H,14,15). The molecular formula is C10H14N2O5. The van der Waals surface area contributed by atoms with Gasteiger partial charge in [-0.3, -0.25) is 4.90 Å². The summed E-state index contributed by atoms with van der Waals surface area (Å²) in [5, 5.41) is 17.2. The Morgan fingerprint density at radius 1 is 1.59 bits per heavy atom. The predicted octanol–water partition coefficient (Wildman–Crippen LogP) is 0.211. The van der Waals surface area contributed by atoms with Gasteiger partial charge in [0.05, 0.1) is 12.6 Å². The molecule has 94 valence electrons. The van der Waals surface area contributed by atoms with E-state index >= 15 is 0 Å². The van der Waals surface area contributed by atoms with Crippen LogP contribution in [-0.4, -0.2) is 54.0 Å². The minimum Gasteiger partial charge on any atom is -0.465 e. The van der Waals surface area contributed by atoms with Crippen LogP contribution in [0.15, 0.2) is 0 Å². The summed E-state index contributed by atoms with van der Waals surface area (Å²) in [6.45, 7) is 2.03. The molecule has 1 heterocycles. The van der Waals surface area contributed by atoms with E-state index in [-0.39, 0.29) is 25.7 Å². The minimum absolute atomic E-state index is 0.148. The van der Waals surface area contributed by atoms with E-state index < -0.39 is 18.1 Å². The maximum Gasteiger partial charge on any atom is 0.408 e.